The second-order valence-electron chi connectivity index (χ2n) is 6.56. The van der Waals surface area contributed by atoms with E-state index in [1.165, 1.54) is 11.3 Å². The lowest BCUT2D eigenvalue weighted by atomic mass is 10.0. The first-order valence-corrected chi connectivity index (χ1v) is 9.09. The van der Waals surface area contributed by atoms with Gasteiger partial charge in [-0.15, -0.1) is 11.3 Å². The van der Waals surface area contributed by atoms with Gasteiger partial charge in [-0.05, 0) is 31.2 Å². The number of hydrogen-bond acceptors (Lipinski definition) is 4. The molecule has 0 unspecified atom stereocenters. The molecule has 3 heterocycles. The van der Waals surface area contributed by atoms with Gasteiger partial charge in [0, 0.05) is 19.0 Å². The van der Waals surface area contributed by atoms with E-state index in [1.54, 1.807) is 4.57 Å². The van der Waals surface area contributed by atoms with Crippen molar-refractivity contribution < 1.29 is 4.79 Å². The first-order valence-electron chi connectivity index (χ1n) is 8.27. The molecule has 1 aliphatic heterocycles. The molecule has 0 fully saturated rings. The predicted molar refractivity (Wildman–Crippen MR) is 93.3 cm³/mol. The van der Waals surface area contributed by atoms with Gasteiger partial charge in [-0.1, -0.05) is 20.8 Å². The smallest absolute Gasteiger partial charge is 0.262 e. The maximum absolute atomic E-state index is 12.7. The normalized spacial score (nSPS) is 15.2. The molecule has 2 aromatic rings. The Morgan fingerprint density at radius 2 is 2.17 bits per heavy atom. The van der Waals surface area contributed by atoms with Gasteiger partial charge in [-0.3, -0.25) is 14.2 Å². The molecule has 1 atom stereocenters. The van der Waals surface area contributed by atoms with Gasteiger partial charge in [0.2, 0.25) is 0 Å². The Kier molecular flexibility index (Phi) is 4.27. The molecule has 23 heavy (non-hydrogen) atoms. The van der Waals surface area contributed by atoms with Crippen molar-refractivity contribution in [2.75, 3.05) is 0 Å². The first-order chi connectivity index (χ1) is 10.9. The highest BCUT2D eigenvalue weighted by Gasteiger charge is 2.24. The summed E-state index contributed by atoms with van der Waals surface area (Å²) < 4.78 is 1.76. The van der Waals surface area contributed by atoms with Crippen LogP contribution in [0.3, 0.4) is 0 Å². The zero-order chi connectivity index (χ0) is 16.7. The lowest BCUT2D eigenvalue weighted by Crippen LogP contribution is -2.37. The summed E-state index contributed by atoms with van der Waals surface area (Å²) in [5, 5.41) is 3.71. The highest BCUT2D eigenvalue weighted by molar-refractivity contribution is 7.20. The molecule has 0 aromatic carbocycles. The number of thiophene rings is 1. The fourth-order valence-electron chi connectivity index (χ4n) is 3.27. The highest BCUT2D eigenvalue weighted by Crippen LogP contribution is 2.28. The standard InChI is InChI=1S/C17H23N3O2S/c1-5-11(9(2)3)18-15(21)14-10(4)13-16(23-14)19-12-7-6-8-20(12)17(13)22/h9,11H,5-8H2,1-4H3,(H,18,21)/t11-/m0/s1. The molecule has 0 aliphatic carbocycles. The number of hydrogen-bond donors (Lipinski definition) is 1. The maximum atomic E-state index is 12.7. The number of rotatable bonds is 4. The molecular formula is C17H23N3O2S. The molecule has 0 bridgehead atoms. The summed E-state index contributed by atoms with van der Waals surface area (Å²) in [6, 6.07) is 0.145. The average molecular weight is 333 g/mol. The SMILES string of the molecule is CC[C@H](NC(=O)c1sc2nc3n(c(=O)c2c1C)CCC3)C(C)C. The van der Waals surface area contributed by atoms with Gasteiger partial charge >= 0.3 is 0 Å². The number of nitrogens with zero attached hydrogens (tertiary/aromatic N) is 2. The highest BCUT2D eigenvalue weighted by atomic mass is 32.1. The third-order valence-corrected chi connectivity index (χ3v) is 5.86. The summed E-state index contributed by atoms with van der Waals surface area (Å²) in [5.74, 6) is 1.14. The van der Waals surface area contributed by atoms with Gasteiger partial charge in [0.1, 0.15) is 10.7 Å². The predicted octanol–water partition coefficient (Wildman–Crippen LogP) is 2.88. The largest absolute Gasteiger partial charge is 0.348 e. The Morgan fingerprint density at radius 3 is 2.83 bits per heavy atom. The van der Waals surface area contributed by atoms with Crippen molar-refractivity contribution in [2.45, 2.75) is 59.5 Å². The molecule has 0 radical (unpaired) electrons. The molecule has 1 amide bonds. The van der Waals surface area contributed by atoms with Crippen LogP contribution in [0, 0.1) is 12.8 Å². The van der Waals surface area contributed by atoms with Crippen molar-refractivity contribution in [1.29, 1.82) is 0 Å². The second-order valence-corrected chi connectivity index (χ2v) is 7.56. The fraction of sp³-hybridized carbons (Fsp3) is 0.588. The molecule has 0 saturated carbocycles. The molecule has 1 aliphatic rings. The number of fused-ring (bicyclic) bond motifs is 2. The van der Waals surface area contributed by atoms with Crippen molar-refractivity contribution >= 4 is 27.5 Å². The van der Waals surface area contributed by atoms with Gasteiger partial charge < -0.3 is 5.32 Å². The van der Waals surface area contributed by atoms with E-state index in [1.807, 2.05) is 6.92 Å². The minimum absolute atomic E-state index is 0.00574. The quantitative estimate of drug-likeness (QED) is 0.936. The Bertz CT molecular complexity index is 819. The van der Waals surface area contributed by atoms with Crippen molar-refractivity contribution in [3.63, 3.8) is 0 Å². The van der Waals surface area contributed by atoms with Gasteiger partial charge in [0.25, 0.3) is 11.5 Å². The van der Waals surface area contributed by atoms with Crippen LogP contribution in [0.1, 0.15) is 54.7 Å². The number of aryl methyl sites for hydroxylation is 2. The minimum atomic E-state index is -0.0874. The van der Waals surface area contributed by atoms with Gasteiger partial charge in [0.05, 0.1) is 10.3 Å². The molecular weight excluding hydrogens is 310 g/mol. The first kappa shape index (κ1) is 16.2. The van der Waals surface area contributed by atoms with E-state index >= 15 is 0 Å². The summed E-state index contributed by atoms with van der Waals surface area (Å²) in [7, 11) is 0. The molecule has 0 saturated heterocycles. The van der Waals surface area contributed by atoms with Crippen LogP contribution >= 0.6 is 11.3 Å². The van der Waals surface area contributed by atoms with Crippen LogP contribution in [-0.2, 0) is 13.0 Å². The summed E-state index contributed by atoms with van der Waals surface area (Å²) >= 11 is 1.34. The number of nitrogens with one attached hydrogen (secondary N) is 1. The van der Waals surface area contributed by atoms with Crippen LogP contribution in [0.5, 0.6) is 0 Å². The zero-order valence-electron chi connectivity index (χ0n) is 14.1. The summed E-state index contributed by atoms with van der Waals surface area (Å²) in [6.07, 6.45) is 2.70. The van der Waals surface area contributed by atoms with Crippen molar-refractivity contribution in [1.82, 2.24) is 14.9 Å². The number of aromatic nitrogens is 2. The number of amides is 1. The van der Waals surface area contributed by atoms with Crippen molar-refractivity contribution in [3.8, 4) is 0 Å². The van der Waals surface area contributed by atoms with Gasteiger partial charge in [0.15, 0.2) is 0 Å². The lowest BCUT2D eigenvalue weighted by Gasteiger charge is -2.20. The fourth-order valence-corrected chi connectivity index (χ4v) is 4.36. The van der Waals surface area contributed by atoms with Crippen LogP contribution in [-0.4, -0.2) is 21.5 Å². The van der Waals surface area contributed by atoms with Crippen LogP contribution in [0.25, 0.3) is 10.2 Å². The van der Waals surface area contributed by atoms with Crippen molar-refractivity contribution in [3.05, 3.63) is 26.6 Å². The van der Waals surface area contributed by atoms with E-state index < -0.39 is 0 Å². The van der Waals surface area contributed by atoms with Gasteiger partial charge in [-0.25, -0.2) is 4.98 Å². The Hall–Kier alpha value is -1.69. The van der Waals surface area contributed by atoms with Crippen LogP contribution in [0.15, 0.2) is 4.79 Å². The summed E-state index contributed by atoms with van der Waals surface area (Å²) in [5.41, 5.74) is 0.770. The Balaban J connectivity index is 2.03. The van der Waals surface area contributed by atoms with E-state index in [4.69, 9.17) is 0 Å². The minimum Gasteiger partial charge on any atom is -0.348 e. The lowest BCUT2D eigenvalue weighted by molar-refractivity contribution is 0.0928. The van der Waals surface area contributed by atoms with Crippen LogP contribution in [0.2, 0.25) is 0 Å². The van der Waals surface area contributed by atoms with E-state index in [2.05, 4.69) is 31.1 Å². The van der Waals surface area contributed by atoms with E-state index in [0.29, 0.717) is 21.0 Å². The zero-order valence-corrected chi connectivity index (χ0v) is 14.9. The molecule has 0 spiro atoms. The van der Waals surface area contributed by atoms with E-state index in [0.717, 1.165) is 37.2 Å². The molecule has 6 heteroatoms. The summed E-state index contributed by atoms with van der Waals surface area (Å²) in [4.78, 5) is 31.2. The topological polar surface area (TPSA) is 64.0 Å². The average Bonchev–Trinajstić information content (AvgIpc) is 3.09. The summed E-state index contributed by atoms with van der Waals surface area (Å²) in [6.45, 7) is 8.87. The number of carbonyl (C=O) groups excluding carboxylic acids is 1. The molecule has 3 rings (SSSR count). The Morgan fingerprint density at radius 1 is 1.43 bits per heavy atom. The van der Waals surface area contributed by atoms with E-state index in [-0.39, 0.29) is 17.5 Å². The number of carbonyl (C=O) groups is 1. The van der Waals surface area contributed by atoms with Crippen molar-refractivity contribution in [2.24, 2.45) is 5.92 Å². The van der Waals surface area contributed by atoms with Crippen LogP contribution in [0.4, 0.5) is 0 Å². The third kappa shape index (κ3) is 2.69. The van der Waals surface area contributed by atoms with E-state index in [9.17, 15) is 9.59 Å². The third-order valence-electron chi connectivity index (χ3n) is 4.68. The van der Waals surface area contributed by atoms with Crippen LogP contribution < -0.4 is 10.9 Å². The molecule has 1 N–H and O–H groups in total. The van der Waals surface area contributed by atoms with Gasteiger partial charge in [-0.2, -0.15) is 0 Å². The second kappa shape index (κ2) is 6.07. The Labute approximate surface area is 139 Å². The molecule has 5 nitrogen and oxygen atoms in total. The maximum Gasteiger partial charge on any atom is 0.262 e. The monoisotopic (exact) mass is 333 g/mol. The molecule has 2 aromatic heterocycles. The molecule has 124 valence electrons.